The van der Waals surface area contributed by atoms with Crippen LogP contribution in [0.2, 0.25) is 0 Å². The number of hydrogen-bond acceptors (Lipinski definition) is 5. The van der Waals surface area contributed by atoms with Crippen LogP contribution in [0.3, 0.4) is 0 Å². The molecule has 0 saturated carbocycles. The van der Waals surface area contributed by atoms with Gasteiger partial charge >= 0.3 is 0 Å². The summed E-state index contributed by atoms with van der Waals surface area (Å²) in [7, 11) is -3.68. The summed E-state index contributed by atoms with van der Waals surface area (Å²) in [6, 6.07) is 14.5. The fraction of sp³-hybridized carbons (Fsp3) is 0.364. The van der Waals surface area contributed by atoms with Gasteiger partial charge in [0.25, 0.3) is 5.91 Å². The van der Waals surface area contributed by atoms with Crippen LogP contribution in [-0.2, 0) is 14.8 Å². The molecule has 2 aromatic carbocycles. The van der Waals surface area contributed by atoms with Crippen LogP contribution >= 0.6 is 0 Å². The lowest BCUT2D eigenvalue weighted by Crippen LogP contribution is -2.42. The average molecular weight is 448 g/mol. The molecule has 2 rings (SSSR count). The van der Waals surface area contributed by atoms with Crippen molar-refractivity contribution in [2.75, 3.05) is 13.2 Å². The zero-order chi connectivity index (χ0) is 22.5. The van der Waals surface area contributed by atoms with Gasteiger partial charge in [0, 0.05) is 18.5 Å². The number of nitrogens with one attached hydrogen (secondary N) is 3. The van der Waals surface area contributed by atoms with E-state index in [1.165, 1.54) is 25.0 Å². The summed E-state index contributed by atoms with van der Waals surface area (Å²) in [6.45, 7) is 2.69. The number of carbonyl (C=O) groups excluding carboxylic acids is 2. The van der Waals surface area contributed by atoms with E-state index in [4.69, 9.17) is 4.74 Å². The molecular formula is C22H29N3O5S. The first-order chi connectivity index (χ1) is 14.9. The molecule has 3 N–H and O–H groups in total. The highest BCUT2D eigenvalue weighted by atomic mass is 32.2. The average Bonchev–Trinajstić information content (AvgIpc) is 2.78. The van der Waals surface area contributed by atoms with Crippen molar-refractivity contribution >= 4 is 21.8 Å². The quantitative estimate of drug-likeness (QED) is 0.342. The van der Waals surface area contributed by atoms with E-state index in [0.717, 1.165) is 12.8 Å². The maximum atomic E-state index is 12.1. The molecule has 0 radical (unpaired) electrons. The zero-order valence-electron chi connectivity index (χ0n) is 17.6. The zero-order valence-corrected chi connectivity index (χ0v) is 18.4. The number of unbranched alkanes of at least 4 members (excludes halogenated alkanes) is 3. The maximum Gasteiger partial charge on any atom is 0.269 e. The molecule has 0 bridgehead atoms. The van der Waals surface area contributed by atoms with E-state index in [2.05, 4.69) is 22.5 Å². The van der Waals surface area contributed by atoms with Crippen LogP contribution in [0.1, 0.15) is 49.4 Å². The highest BCUT2D eigenvalue weighted by Gasteiger charge is 2.14. The van der Waals surface area contributed by atoms with Crippen molar-refractivity contribution < 1.29 is 22.7 Å². The molecule has 0 aliphatic heterocycles. The number of amides is 2. The van der Waals surface area contributed by atoms with Crippen LogP contribution in [0.15, 0.2) is 59.5 Å². The van der Waals surface area contributed by atoms with Gasteiger partial charge in [0.05, 0.1) is 11.5 Å². The number of benzene rings is 2. The van der Waals surface area contributed by atoms with E-state index in [1.807, 2.05) is 0 Å². The number of carbonyl (C=O) groups is 2. The molecule has 0 saturated heterocycles. The molecule has 31 heavy (non-hydrogen) atoms. The van der Waals surface area contributed by atoms with E-state index >= 15 is 0 Å². The minimum atomic E-state index is -3.68. The standard InChI is InChI=1S/C22H29N3O5S/c1-2-3-4-8-17-30-19-13-11-18(12-14-19)22(27)25-24-21(26)15-16-23-31(28,29)20-9-6-5-7-10-20/h5-7,9-14,23H,2-4,8,15-17H2,1H3,(H,24,26)(H,25,27). The Morgan fingerprint density at radius 1 is 0.903 bits per heavy atom. The van der Waals surface area contributed by atoms with Crippen molar-refractivity contribution in [2.24, 2.45) is 0 Å². The largest absolute Gasteiger partial charge is 0.494 e. The van der Waals surface area contributed by atoms with Crippen molar-refractivity contribution in [1.29, 1.82) is 0 Å². The summed E-state index contributed by atoms with van der Waals surface area (Å²) in [5.41, 5.74) is 4.94. The molecule has 0 atom stereocenters. The molecule has 168 valence electrons. The minimum absolute atomic E-state index is 0.0940. The second-order valence-corrected chi connectivity index (χ2v) is 8.66. The Morgan fingerprint density at radius 3 is 2.29 bits per heavy atom. The van der Waals surface area contributed by atoms with Crippen LogP contribution in [0.4, 0.5) is 0 Å². The fourth-order valence-corrected chi connectivity index (χ4v) is 3.72. The number of hydrazine groups is 1. The van der Waals surface area contributed by atoms with Crippen LogP contribution < -0.4 is 20.3 Å². The predicted octanol–water partition coefficient (Wildman–Crippen LogP) is 2.78. The van der Waals surface area contributed by atoms with E-state index in [-0.39, 0.29) is 17.9 Å². The van der Waals surface area contributed by atoms with Gasteiger partial charge < -0.3 is 4.74 Å². The van der Waals surface area contributed by atoms with Crippen LogP contribution in [0.5, 0.6) is 5.75 Å². The molecule has 0 spiro atoms. The van der Waals surface area contributed by atoms with Crippen molar-refractivity contribution in [3.8, 4) is 5.75 Å². The molecular weight excluding hydrogens is 418 g/mol. The highest BCUT2D eigenvalue weighted by molar-refractivity contribution is 7.89. The third-order valence-electron chi connectivity index (χ3n) is 4.40. The Morgan fingerprint density at radius 2 is 1.61 bits per heavy atom. The summed E-state index contributed by atoms with van der Waals surface area (Å²) in [4.78, 5) is 24.1. The van der Waals surface area contributed by atoms with Gasteiger partial charge in [-0.15, -0.1) is 0 Å². The third-order valence-corrected chi connectivity index (χ3v) is 5.87. The number of hydrogen-bond donors (Lipinski definition) is 3. The molecule has 8 nitrogen and oxygen atoms in total. The Hall–Kier alpha value is -2.91. The van der Waals surface area contributed by atoms with E-state index in [0.29, 0.717) is 17.9 Å². The van der Waals surface area contributed by atoms with Crippen LogP contribution in [-0.4, -0.2) is 33.4 Å². The molecule has 9 heteroatoms. The summed E-state index contributed by atoms with van der Waals surface area (Å²) in [6.07, 6.45) is 4.35. The first kappa shape index (κ1) is 24.4. The first-order valence-electron chi connectivity index (χ1n) is 10.3. The molecule has 0 aliphatic rings. The van der Waals surface area contributed by atoms with Crippen LogP contribution in [0, 0.1) is 0 Å². The lowest BCUT2D eigenvalue weighted by atomic mass is 10.2. The van der Waals surface area contributed by atoms with Gasteiger partial charge in [0.1, 0.15) is 5.75 Å². The van der Waals surface area contributed by atoms with Crippen LogP contribution in [0.25, 0.3) is 0 Å². The van der Waals surface area contributed by atoms with Gasteiger partial charge in [-0.1, -0.05) is 44.4 Å². The van der Waals surface area contributed by atoms with Gasteiger partial charge in [-0.25, -0.2) is 13.1 Å². The van der Waals surface area contributed by atoms with Crippen molar-refractivity contribution in [3.05, 3.63) is 60.2 Å². The minimum Gasteiger partial charge on any atom is -0.494 e. The van der Waals surface area contributed by atoms with Gasteiger partial charge in [0.2, 0.25) is 15.9 Å². The Balaban J connectivity index is 1.69. The van der Waals surface area contributed by atoms with Gasteiger partial charge in [-0.3, -0.25) is 20.4 Å². The monoisotopic (exact) mass is 447 g/mol. The molecule has 0 aromatic heterocycles. The lowest BCUT2D eigenvalue weighted by molar-refractivity contribution is -0.121. The molecule has 2 aromatic rings. The van der Waals surface area contributed by atoms with Crippen molar-refractivity contribution in [2.45, 2.75) is 43.9 Å². The smallest absolute Gasteiger partial charge is 0.269 e. The first-order valence-corrected chi connectivity index (χ1v) is 11.8. The second-order valence-electron chi connectivity index (χ2n) is 6.90. The summed E-state index contributed by atoms with van der Waals surface area (Å²) < 4.78 is 32.1. The SMILES string of the molecule is CCCCCCOc1ccc(C(=O)NNC(=O)CCNS(=O)(=O)c2ccccc2)cc1. The normalized spacial score (nSPS) is 11.0. The summed E-state index contributed by atoms with van der Waals surface area (Å²) >= 11 is 0. The fourth-order valence-electron chi connectivity index (χ4n) is 2.66. The third kappa shape index (κ3) is 8.77. The lowest BCUT2D eigenvalue weighted by Gasteiger charge is -2.10. The maximum absolute atomic E-state index is 12.1. The van der Waals surface area contributed by atoms with Crippen molar-refractivity contribution in [1.82, 2.24) is 15.6 Å². The van der Waals surface area contributed by atoms with Gasteiger partial charge in [0.15, 0.2) is 0 Å². The molecule has 0 unspecified atom stereocenters. The van der Waals surface area contributed by atoms with Gasteiger partial charge in [-0.2, -0.15) is 0 Å². The highest BCUT2D eigenvalue weighted by Crippen LogP contribution is 2.13. The Kier molecular flexibility index (Phi) is 9.99. The summed E-state index contributed by atoms with van der Waals surface area (Å²) in [5, 5.41) is 0. The number of rotatable bonds is 12. The Labute approximate surface area is 183 Å². The number of sulfonamides is 1. The van der Waals surface area contributed by atoms with E-state index < -0.39 is 21.8 Å². The van der Waals surface area contributed by atoms with E-state index in [1.54, 1.807) is 42.5 Å². The topological polar surface area (TPSA) is 114 Å². The second kappa shape index (κ2) is 12.7. The van der Waals surface area contributed by atoms with Crippen molar-refractivity contribution in [3.63, 3.8) is 0 Å². The Bertz CT molecular complexity index is 931. The molecule has 2 amide bonds. The summed E-state index contributed by atoms with van der Waals surface area (Å²) in [5.74, 6) is -0.313. The van der Waals surface area contributed by atoms with Gasteiger partial charge in [-0.05, 0) is 42.8 Å². The van der Waals surface area contributed by atoms with E-state index in [9.17, 15) is 18.0 Å². The molecule has 0 aliphatic carbocycles. The predicted molar refractivity (Wildman–Crippen MR) is 118 cm³/mol. The molecule has 0 fully saturated rings. The molecule has 0 heterocycles. The number of ether oxygens (including phenoxy) is 1.